The molecule has 2 amide bonds. The lowest BCUT2D eigenvalue weighted by Crippen LogP contribution is -2.54. The van der Waals surface area contributed by atoms with Crippen LogP contribution < -0.4 is 5.32 Å². The van der Waals surface area contributed by atoms with Crippen LogP contribution in [0.15, 0.2) is 30.3 Å². The number of amides is 2. The number of carbonyl (C=O) groups excluding carboxylic acids is 2. The standard InChI is InChI=1S/C22H35N3O2/c1-17(2)15-19(21(27)25-13-11-24(5)12-14-25)23-20(26)16-22(3,4)18-9-7-6-8-10-18/h6-10,17,19H,11-16H2,1-5H3,(H,23,26)/t19-/m1/s1. The maximum absolute atomic E-state index is 13.0. The molecule has 5 heteroatoms. The van der Waals surface area contributed by atoms with Gasteiger partial charge in [0.1, 0.15) is 6.04 Å². The van der Waals surface area contributed by atoms with Crippen LogP contribution >= 0.6 is 0 Å². The van der Waals surface area contributed by atoms with E-state index < -0.39 is 6.04 Å². The van der Waals surface area contributed by atoms with Crippen LogP contribution in [0, 0.1) is 5.92 Å². The van der Waals surface area contributed by atoms with Gasteiger partial charge in [0.05, 0.1) is 0 Å². The van der Waals surface area contributed by atoms with Gasteiger partial charge >= 0.3 is 0 Å². The molecule has 0 radical (unpaired) electrons. The first-order valence-electron chi connectivity index (χ1n) is 10.0. The summed E-state index contributed by atoms with van der Waals surface area (Å²) in [4.78, 5) is 29.9. The molecule has 1 aliphatic heterocycles. The molecule has 1 aromatic rings. The summed E-state index contributed by atoms with van der Waals surface area (Å²) < 4.78 is 0. The average Bonchev–Trinajstić information content (AvgIpc) is 2.61. The van der Waals surface area contributed by atoms with Crippen molar-refractivity contribution in [3.05, 3.63) is 35.9 Å². The Bertz CT molecular complexity index is 620. The number of rotatable bonds is 7. The third-order valence-electron chi connectivity index (χ3n) is 5.31. The Balaban J connectivity index is 2.02. The van der Waals surface area contributed by atoms with Crippen molar-refractivity contribution in [2.75, 3.05) is 33.2 Å². The van der Waals surface area contributed by atoms with Crippen molar-refractivity contribution in [1.29, 1.82) is 0 Å². The monoisotopic (exact) mass is 373 g/mol. The van der Waals surface area contributed by atoms with Gasteiger partial charge < -0.3 is 15.1 Å². The summed E-state index contributed by atoms with van der Waals surface area (Å²) in [6.07, 6.45) is 1.03. The zero-order chi connectivity index (χ0) is 20.0. The Morgan fingerprint density at radius 1 is 1.07 bits per heavy atom. The minimum Gasteiger partial charge on any atom is -0.344 e. The van der Waals surface area contributed by atoms with Gasteiger partial charge in [-0.3, -0.25) is 9.59 Å². The second kappa shape index (κ2) is 9.36. The first kappa shape index (κ1) is 21.4. The second-order valence-electron chi connectivity index (χ2n) is 8.80. The molecule has 0 saturated carbocycles. The van der Waals surface area contributed by atoms with Gasteiger partial charge in [0, 0.05) is 32.6 Å². The molecule has 0 unspecified atom stereocenters. The highest BCUT2D eigenvalue weighted by Gasteiger charge is 2.31. The molecule has 1 saturated heterocycles. The fourth-order valence-electron chi connectivity index (χ4n) is 3.58. The summed E-state index contributed by atoms with van der Waals surface area (Å²) in [6.45, 7) is 11.5. The number of nitrogens with one attached hydrogen (secondary N) is 1. The van der Waals surface area contributed by atoms with Crippen LogP contribution in [0.2, 0.25) is 0 Å². The number of carbonyl (C=O) groups is 2. The van der Waals surface area contributed by atoms with E-state index in [1.54, 1.807) is 0 Å². The molecule has 1 N–H and O–H groups in total. The molecule has 0 aliphatic carbocycles. The van der Waals surface area contributed by atoms with Gasteiger partial charge in [-0.05, 0) is 30.4 Å². The van der Waals surface area contributed by atoms with E-state index in [4.69, 9.17) is 0 Å². The molecule has 1 aromatic carbocycles. The molecular formula is C22H35N3O2. The first-order valence-corrected chi connectivity index (χ1v) is 10.0. The largest absolute Gasteiger partial charge is 0.344 e. The Hall–Kier alpha value is -1.88. The van der Waals surface area contributed by atoms with Gasteiger partial charge in [-0.1, -0.05) is 58.0 Å². The Kier molecular flexibility index (Phi) is 7.42. The van der Waals surface area contributed by atoms with Gasteiger partial charge in [0.15, 0.2) is 0 Å². The predicted molar refractivity (Wildman–Crippen MR) is 110 cm³/mol. The molecular weight excluding hydrogens is 338 g/mol. The van der Waals surface area contributed by atoms with Gasteiger partial charge in [-0.2, -0.15) is 0 Å². The zero-order valence-electron chi connectivity index (χ0n) is 17.5. The SMILES string of the molecule is CC(C)C[C@@H](NC(=O)CC(C)(C)c1ccccc1)C(=O)N1CCN(C)CC1. The molecule has 0 aromatic heterocycles. The van der Waals surface area contributed by atoms with Crippen molar-refractivity contribution in [2.24, 2.45) is 5.92 Å². The lowest BCUT2D eigenvalue weighted by Gasteiger charge is -2.35. The lowest BCUT2D eigenvalue weighted by molar-refractivity contribution is -0.138. The average molecular weight is 374 g/mol. The highest BCUT2D eigenvalue weighted by molar-refractivity contribution is 5.88. The van der Waals surface area contributed by atoms with Crippen molar-refractivity contribution in [3.63, 3.8) is 0 Å². The summed E-state index contributed by atoms with van der Waals surface area (Å²) in [7, 11) is 2.07. The molecule has 0 bridgehead atoms. The van der Waals surface area contributed by atoms with Gasteiger partial charge in [0.2, 0.25) is 11.8 Å². The highest BCUT2D eigenvalue weighted by atomic mass is 16.2. The van der Waals surface area contributed by atoms with E-state index in [-0.39, 0.29) is 17.2 Å². The van der Waals surface area contributed by atoms with Crippen LogP contribution in [0.1, 0.15) is 46.1 Å². The molecule has 27 heavy (non-hydrogen) atoms. The van der Waals surface area contributed by atoms with Crippen molar-refractivity contribution in [2.45, 2.75) is 52.0 Å². The van der Waals surface area contributed by atoms with Crippen LogP contribution in [0.25, 0.3) is 0 Å². The summed E-state index contributed by atoms with van der Waals surface area (Å²) in [5.74, 6) is 0.341. The normalized spacial score (nSPS) is 17.0. The molecule has 1 fully saturated rings. The van der Waals surface area contributed by atoms with E-state index >= 15 is 0 Å². The molecule has 1 aliphatic rings. The molecule has 0 spiro atoms. The number of benzene rings is 1. The van der Waals surface area contributed by atoms with Crippen molar-refractivity contribution in [3.8, 4) is 0 Å². The fraction of sp³-hybridized carbons (Fsp3) is 0.636. The fourth-order valence-corrected chi connectivity index (χ4v) is 3.58. The number of likely N-dealkylation sites (N-methyl/N-ethyl adjacent to an activating group) is 1. The third-order valence-corrected chi connectivity index (χ3v) is 5.31. The van der Waals surface area contributed by atoms with Gasteiger partial charge in [-0.15, -0.1) is 0 Å². The zero-order valence-corrected chi connectivity index (χ0v) is 17.5. The Labute approximate surface area is 164 Å². The molecule has 150 valence electrons. The van der Waals surface area contributed by atoms with Crippen LogP contribution in [0.4, 0.5) is 0 Å². The maximum Gasteiger partial charge on any atom is 0.245 e. The van der Waals surface area contributed by atoms with Gasteiger partial charge in [0.25, 0.3) is 0 Å². The Morgan fingerprint density at radius 2 is 1.67 bits per heavy atom. The van der Waals surface area contributed by atoms with Crippen LogP contribution in [0.5, 0.6) is 0 Å². The van der Waals surface area contributed by atoms with E-state index in [1.165, 1.54) is 0 Å². The number of nitrogens with zero attached hydrogens (tertiary/aromatic N) is 2. The van der Waals surface area contributed by atoms with Crippen molar-refractivity contribution in [1.82, 2.24) is 15.1 Å². The number of hydrogen-bond acceptors (Lipinski definition) is 3. The Morgan fingerprint density at radius 3 is 2.22 bits per heavy atom. The van der Waals surface area contributed by atoms with E-state index in [0.29, 0.717) is 18.8 Å². The smallest absolute Gasteiger partial charge is 0.245 e. The highest BCUT2D eigenvalue weighted by Crippen LogP contribution is 2.26. The number of piperazine rings is 1. The summed E-state index contributed by atoms with van der Waals surface area (Å²) in [5, 5.41) is 3.04. The molecule has 2 rings (SSSR count). The number of hydrogen-bond donors (Lipinski definition) is 1. The van der Waals surface area contributed by atoms with Crippen molar-refractivity contribution >= 4 is 11.8 Å². The summed E-state index contributed by atoms with van der Waals surface area (Å²) in [5.41, 5.74) is 0.857. The topological polar surface area (TPSA) is 52.7 Å². The minimum absolute atomic E-state index is 0.0580. The van der Waals surface area contributed by atoms with E-state index in [1.807, 2.05) is 35.2 Å². The van der Waals surface area contributed by atoms with Crippen LogP contribution in [0.3, 0.4) is 0 Å². The van der Waals surface area contributed by atoms with E-state index in [0.717, 1.165) is 31.7 Å². The predicted octanol–water partition coefficient (Wildman–Crippen LogP) is 2.66. The summed E-state index contributed by atoms with van der Waals surface area (Å²) >= 11 is 0. The molecule has 1 atom stereocenters. The lowest BCUT2D eigenvalue weighted by atomic mass is 9.81. The first-order chi connectivity index (χ1) is 12.7. The second-order valence-corrected chi connectivity index (χ2v) is 8.80. The van der Waals surface area contributed by atoms with E-state index in [2.05, 4.69) is 45.0 Å². The molecule has 1 heterocycles. The third kappa shape index (κ3) is 6.35. The molecule has 5 nitrogen and oxygen atoms in total. The summed E-state index contributed by atoms with van der Waals surface area (Å²) in [6, 6.07) is 9.63. The van der Waals surface area contributed by atoms with Crippen LogP contribution in [-0.2, 0) is 15.0 Å². The van der Waals surface area contributed by atoms with Crippen molar-refractivity contribution < 1.29 is 9.59 Å². The minimum atomic E-state index is -0.438. The van der Waals surface area contributed by atoms with Crippen LogP contribution in [-0.4, -0.2) is 60.9 Å². The maximum atomic E-state index is 13.0. The quantitative estimate of drug-likeness (QED) is 0.799. The van der Waals surface area contributed by atoms with Gasteiger partial charge in [-0.25, -0.2) is 0 Å². The van der Waals surface area contributed by atoms with E-state index in [9.17, 15) is 9.59 Å².